The van der Waals surface area contributed by atoms with E-state index in [9.17, 15) is 9.18 Å². The Balaban J connectivity index is 0.000000755. The van der Waals surface area contributed by atoms with E-state index in [0.29, 0.717) is 24.1 Å². The monoisotopic (exact) mass is 424 g/mol. The van der Waals surface area contributed by atoms with Gasteiger partial charge in [-0.15, -0.1) is 0 Å². The second-order valence-electron chi connectivity index (χ2n) is 8.11. The summed E-state index contributed by atoms with van der Waals surface area (Å²) >= 11 is 1.55. The zero-order valence-electron chi connectivity index (χ0n) is 16.9. The van der Waals surface area contributed by atoms with Gasteiger partial charge in [0.15, 0.2) is 0 Å². The van der Waals surface area contributed by atoms with Crippen LogP contribution in [0.5, 0.6) is 0 Å². The molecule has 0 unspecified atom stereocenters. The van der Waals surface area contributed by atoms with Gasteiger partial charge in [-0.25, -0.2) is 4.39 Å². The Morgan fingerprint density at radius 2 is 2.28 bits per heavy atom. The summed E-state index contributed by atoms with van der Waals surface area (Å²) in [5.41, 5.74) is 2.13. The molecule has 3 saturated heterocycles. The van der Waals surface area contributed by atoms with E-state index in [1.54, 1.807) is 17.8 Å². The summed E-state index contributed by atoms with van der Waals surface area (Å²) in [4.78, 5) is 22.6. The minimum absolute atomic E-state index is 0.0548. The van der Waals surface area contributed by atoms with Gasteiger partial charge in [0.1, 0.15) is 5.82 Å². The standard InChI is InChI=1S/C20H27FN2O2S.CH2O2/c1-13-3-4-15(21)7-14(13)9-23-10-17-16(8-22-19(24)11-26-2)18-5-6-20(17,12-23)25-18;2-1-3/h3-4,7,16-18H,5-6,8-12H2,1-2H3,(H,22,24);1H,(H,2,3)/t16-,17+,18+,20+;/m0./s1. The van der Waals surface area contributed by atoms with E-state index >= 15 is 0 Å². The van der Waals surface area contributed by atoms with Gasteiger partial charge in [-0.1, -0.05) is 6.07 Å². The van der Waals surface area contributed by atoms with Crippen molar-refractivity contribution in [2.45, 2.75) is 38.0 Å². The highest BCUT2D eigenvalue weighted by molar-refractivity contribution is 7.99. The molecule has 3 aliphatic heterocycles. The van der Waals surface area contributed by atoms with Crippen molar-refractivity contribution in [2.75, 3.05) is 31.6 Å². The molecule has 29 heavy (non-hydrogen) atoms. The summed E-state index contributed by atoms with van der Waals surface area (Å²) in [7, 11) is 0. The minimum Gasteiger partial charge on any atom is -0.483 e. The maximum atomic E-state index is 13.6. The van der Waals surface area contributed by atoms with Gasteiger partial charge >= 0.3 is 0 Å². The number of ether oxygens (including phenoxy) is 1. The lowest BCUT2D eigenvalue weighted by atomic mass is 9.73. The van der Waals surface area contributed by atoms with Crippen molar-refractivity contribution >= 4 is 24.1 Å². The van der Waals surface area contributed by atoms with E-state index in [1.807, 2.05) is 19.2 Å². The van der Waals surface area contributed by atoms with Crippen LogP contribution < -0.4 is 5.32 Å². The second-order valence-corrected chi connectivity index (χ2v) is 8.98. The van der Waals surface area contributed by atoms with Crippen LogP contribution in [-0.2, 0) is 20.9 Å². The molecule has 0 radical (unpaired) electrons. The number of nitrogens with zero attached hydrogens (tertiary/aromatic N) is 1. The number of rotatable bonds is 6. The zero-order chi connectivity index (χ0) is 21.0. The van der Waals surface area contributed by atoms with Crippen molar-refractivity contribution < 1.29 is 23.8 Å². The maximum Gasteiger partial charge on any atom is 0.290 e. The van der Waals surface area contributed by atoms with Crippen LogP contribution in [0.15, 0.2) is 18.2 Å². The Hall–Kier alpha value is -1.64. The molecule has 2 bridgehead atoms. The Bertz CT molecular complexity index is 749. The van der Waals surface area contributed by atoms with E-state index in [0.717, 1.165) is 43.6 Å². The average Bonchev–Trinajstić information content (AvgIpc) is 3.32. The lowest BCUT2D eigenvalue weighted by Gasteiger charge is -2.29. The minimum atomic E-state index is -0.250. The first kappa shape index (κ1) is 22.1. The lowest BCUT2D eigenvalue weighted by Crippen LogP contribution is -2.42. The molecule has 0 aromatic heterocycles. The van der Waals surface area contributed by atoms with Crippen molar-refractivity contribution in [3.05, 3.63) is 35.1 Å². The number of aryl methyl sites for hydroxylation is 1. The third kappa shape index (κ3) is 4.75. The van der Waals surface area contributed by atoms with Crippen LogP contribution in [0.3, 0.4) is 0 Å². The Labute approximate surface area is 175 Å². The van der Waals surface area contributed by atoms with E-state index < -0.39 is 0 Å². The molecule has 2 N–H and O–H groups in total. The number of hydrogen-bond donors (Lipinski definition) is 2. The number of benzene rings is 1. The molecule has 3 heterocycles. The van der Waals surface area contributed by atoms with Gasteiger partial charge in [-0.2, -0.15) is 11.8 Å². The molecule has 1 spiro atoms. The summed E-state index contributed by atoms with van der Waals surface area (Å²) in [6.07, 6.45) is 4.42. The molecule has 3 aliphatic rings. The molecule has 160 valence electrons. The fourth-order valence-corrected chi connectivity index (χ4v) is 5.51. The van der Waals surface area contributed by atoms with Gasteiger partial charge in [-0.05, 0) is 49.3 Å². The van der Waals surface area contributed by atoms with E-state index in [2.05, 4.69) is 10.2 Å². The number of carbonyl (C=O) groups is 2. The predicted molar refractivity (Wildman–Crippen MR) is 110 cm³/mol. The van der Waals surface area contributed by atoms with Gasteiger partial charge < -0.3 is 15.2 Å². The second kappa shape index (κ2) is 9.45. The van der Waals surface area contributed by atoms with E-state index in [4.69, 9.17) is 14.6 Å². The SMILES string of the molecule is CSCC(=O)NC[C@H]1[C@H]2CN(Cc3cc(F)ccc3C)C[C@]23CC[C@H]1O3.O=CO. The number of halogens is 1. The number of fused-ring (bicyclic) bond motifs is 1. The van der Waals surface area contributed by atoms with Crippen LogP contribution in [0.1, 0.15) is 24.0 Å². The number of nitrogens with one attached hydrogen (secondary N) is 1. The fourth-order valence-electron chi connectivity index (χ4n) is 5.15. The van der Waals surface area contributed by atoms with Crippen LogP contribution >= 0.6 is 11.8 Å². The molecule has 6 nitrogen and oxygen atoms in total. The van der Waals surface area contributed by atoms with Crippen LogP contribution in [0.4, 0.5) is 4.39 Å². The molecular weight excluding hydrogens is 395 g/mol. The summed E-state index contributed by atoms with van der Waals surface area (Å²) in [6, 6.07) is 5.03. The highest BCUT2D eigenvalue weighted by Gasteiger charge is 2.62. The van der Waals surface area contributed by atoms with E-state index in [1.165, 1.54) is 6.07 Å². The number of carboxylic acid groups (broad SMARTS) is 1. The van der Waals surface area contributed by atoms with Gasteiger partial charge in [0.25, 0.3) is 6.47 Å². The van der Waals surface area contributed by atoms with Crippen LogP contribution in [-0.4, -0.2) is 65.7 Å². The van der Waals surface area contributed by atoms with Crippen LogP contribution in [0.2, 0.25) is 0 Å². The zero-order valence-corrected chi connectivity index (χ0v) is 17.7. The van der Waals surface area contributed by atoms with Crippen molar-refractivity contribution in [3.63, 3.8) is 0 Å². The van der Waals surface area contributed by atoms with Crippen molar-refractivity contribution in [1.82, 2.24) is 10.2 Å². The molecule has 1 amide bonds. The average molecular weight is 425 g/mol. The first-order valence-corrected chi connectivity index (χ1v) is 11.3. The quantitative estimate of drug-likeness (QED) is 0.683. The van der Waals surface area contributed by atoms with Gasteiger partial charge in [0.05, 0.1) is 17.5 Å². The number of thioether (sulfide) groups is 1. The number of amides is 1. The molecular formula is C21H29FN2O4S. The van der Waals surface area contributed by atoms with Crippen molar-refractivity contribution in [2.24, 2.45) is 11.8 Å². The molecule has 1 aromatic carbocycles. The molecule has 4 rings (SSSR count). The normalized spacial score (nSPS) is 29.8. The number of carbonyl (C=O) groups excluding carboxylic acids is 1. The Kier molecular flexibility index (Phi) is 7.19. The van der Waals surface area contributed by atoms with E-state index in [-0.39, 0.29) is 29.9 Å². The third-order valence-corrected chi connectivity index (χ3v) is 6.92. The number of hydrogen-bond acceptors (Lipinski definition) is 5. The van der Waals surface area contributed by atoms with Gasteiger partial charge in [-0.3, -0.25) is 14.5 Å². The largest absolute Gasteiger partial charge is 0.483 e. The molecule has 0 saturated carbocycles. The summed E-state index contributed by atoms with van der Waals surface area (Å²) in [5, 5.41) is 9.98. The van der Waals surface area contributed by atoms with Gasteiger partial charge in [0.2, 0.25) is 5.91 Å². The third-order valence-electron chi connectivity index (χ3n) is 6.37. The topological polar surface area (TPSA) is 78.9 Å². The highest BCUT2D eigenvalue weighted by atomic mass is 32.2. The maximum absolute atomic E-state index is 13.6. The first-order valence-electron chi connectivity index (χ1n) is 9.91. The van der Waals surface area contributed by atoms with Crippen LogP contribution in [0, 0.1) is 24.6 Å². The summed E-state index contributed by atoms with van der Waals surface area (Å²) < 4.78 is 20.1. The molecule has 3 fully saturated rings. The van der Waals surface area contributed by atoms with Crippen molar-refractivity contribution in [1.29, 1.82) is 0 Å². The molecule has 4 atom stereocenters. The van der Waals surface area contributed by atoms with Crippen LogP contribution in [0.25, 0.3) is 0 Å². The molecule has 8 heteroatoms. The molecule has 0 aliphatic carbocycles. The lowest BCUT2D eigenvalue weighted by molar-refractivity contribution is -0.123. The Morgan fingerprint density at radius 1 is 1.52 bits per heavy atom. The smallest absolute Gasteiger partial charge is 0.290 e. The summed E-state index contributed by atoms with van der Waals surface area (Å²) in [6.45, 7) is 5.15. The highest BCUT2D eigenvalue weighted by Crippen LogP contribution is 2.54. The first-order chi connectivity index (χ1) is 13.9. The Morgan fingerprint density at radius 3 is 3.00 bits per heavy atom. The predicted octanol–water partition coefficient (Wildman–Crippen LogP) is 2.29. The van der Waals surface area contributed by atoms with Gasteiger partial charge in [0, 0.05) is 38.0 Å². The summed E-state index contributed by atoms with van der Waals surface area (Å²) in [5.74, 6) is 1.31. The van der Waals surface area contributed by atoms with Crippen molar-refractivity contribution in [3.8, 4) is 0 Å². The fraction of sp³-hybridized carbons (Fsp3) is 0.619. The molecule has 1 aromatic rings. The number of likely N-dealkylation sites (tertiary alicyclic amines) is 1.